The van der Waals surface area contributed by atoms with Crippen LogP contribution in [-0.4, -0.2) is 37.6 Å². The van der Waals surface area contributed by atoms with Gasteiger partial charge < -0.3 is 10.2 Å². The van der Waals surface area contributed by atoms with Crippen LogP contribution in [0.4, 0.5) is 0 Å². The molecule has 0 bridgehead atoms. The molecular formula is C14H28N2. The number of nitrogens with one attached hydrogen (secondary N) is 1. The van der Waals surface area contributed by atoms with E-state index < -0.39 is 0 Å². The van der Waals surface area contributed by atoms with Crippen molar-refractivity contribution >= 4 is 0 Å². The van der Waals surface area contributed by atoms with E-state index in [4.69, 9.17) is 0 Å². The molecule has 94 valence electrons. The van der Waals surface area contributed by atoms with E-state index in [0.29, 0.717) is 0 Å². The van der Waals surface area contributed by atoms with Gasteiger partial charge in [0.05, 0.1) is 0 Å². The molecule has 2 nitrogen and oxygen atoms in total. The quantitative estimate of drug-likeness (QED) is 0.789. The summed E-state index contributed by atoms with van der Waals surface area (Å²) in [6, 6.07) is 0.824. The van der Waals surface area contributed by atoms with Gasteiger partial charge in [-0.1, -0.05) is 26.2 Å². The van der Waals surface area contributed by atoms with Gasteiger partial charge >= 0.3 is 0 Å². The minimum atomic E-state index is 0.824. The summed E-state index contributed by atoms with van der Waals surface area (Å²) in [4.78, 5) is 2.46. The van der Waals surface area contributed by atoms with E-state index in [1.165, 1.54) is 58.2 Å². The summed E-state index contributed by atoms with van der Waals surface area (Å²) in [7, 11) is 2.25. The fourth-order valence-electron chi connectivity index (χ4n) is 3.48. The maximum absolute atomic E-state index is 3.86. The molecule has 16 heavy (non-hydrogen) atoms. The SMILES string of the molecule is CCC1CCCCC1NCC1CCN(C)C1. The molecule has 1 aliphatic carbocycles. The zero-order valence-corrected chi connectivity index (χ0v) is 11.0. The molecule has 2 rings (SSSR count). The first-order valence-corrected chi connectivity index (χ1v) is 7.21. The summed E-state index contributed by atoms with van der Waals surface area (Å²) in [5, 5.41) is 3.86. The smallest absolute Gasteiger partial charge is 0.00953 e. The number of rotatable bonds is 4. The van der Waals surface area contributed by atoms with Gasteiger partial charge in [0.1, 0.15) is 0 Å². The molecule has 1 aliphatic heterocycles. The molecule has 0 aromatic rings. The van der Waals surface area contributed by atoms with Crippen molar-refractivity contribution in [3.63, 3.8) is 0 Å². The second-order valence-electron chi connectivity index (χ2n) is 5.88. The van der Waals surface area contributed by atoms with E-state index in [0.717, 1.165) is 17.9 Å². The van der Waals surface area contributed by atoms with Gasteiger partial charge in [-0.15, -0.1) is 0 Å². The minimum Gasteiger partial charge on any atom is -0.313 e. The van der Waals surface area contributed by atoms with E-state index in [9.17, 15) is 0 Å². The van der Waals surface area contributed by atoms with E-state index in [2.05, 4.69) is 24.2 Å². The second kappa shape index (κ2) is 6.02. The molecule has 0 amide bonds. The molecule has 2 fully saturated rings. The maximum Gasteiger partial charge on any atom is 0.00953 e. The highest BCUT2D eigenvalue weighted by Gasteiger charge is 2.25. The van der Waals surface area contributed by atoms with Crippen molar-refractivity contribution < 1.29 is 0 Å². The first-order chi connectivity index (χ1) is 7.79. The second-order valence-corrected chi connectivity index (χ2v) is 5.88. The third-order valence-electron chi connectivity index (χ3n) is 4.59. The lowest BCUT2D eigenvalue weighted by molar-refractivity contribution is 0.245. The number of hydrogen-bond acceptors (Lipinski definition) is 2. The van der Waals surface area contributed by atoms with Crippen molar-refractivity contribution in [2.45, 2.75) is 51.5 Å². The molecule has 2 aliphatic rings. The highest BCUT2D eigenvalue weighted by atomic mass is 15.1. The fraction of sp³-hybridized carbons (Fsp3) is 1.00. The Hall–Kier alpha value is -0.0800. The number of likely N-dealkylation sites (tertiary alicyclic amines) is 1. The van der Waals surface area contributed by atoms with Crippen LogP contribution >= 0.6 is 0 Å². The molecule has 0 aromatic carbocycles. The summed E-state index contributed by atoms with van der Waals surface area (Å²) >= 11 is 0. The minimum absolute atomic E-state index is 0.824. The van der Waals surface area contributed by atoms with Gasteiger partial charge in [0.25, 0.3) is 0 Å². The largest absolute Gasteiger partial charge is 0.313 e. The third kappa shape index (κ3) is 3.21. The van der Waals surface area contributed by atoms with Crippen LogP contribution in [0.2, 0.25) is 0 Å². The van der Waals surface area contributed by atoms with E-state index in [-0.39, 0.29) is 0 Å². The zero-order valence-electron chi connectivity index (χ0n) is 11.0. The van der Waals surface area contributed by atoms with Gasteiger partial charge in [-0.05, 0) is 51.2 Å². The summed E-state index contributed by atoms with van der Waals surface area (Å²) in [6.45, 7) is 6.21. The van der Waals surface area contributed by atoms with Crippen LogP contribution in [0.3, 0.4) is 0 Å². The highest BCUT2D eigenvalue weighted by Crippen LogP contribution is 2.27. The Morgan fingerprint density at radius 3 is 2.69 bits per heavy atom. The molecule has 1 saturated heterocycles. The van der Waals surface area contributed by atoms with E-state index in [1.54, 1.807) is 0 Å². The van der Waals surface area contributed by atoms with Crippen molar-refractivity contribution in [3.8, 4) is 0 Å². The van der Waals surface area contributed by atoms with Crippen LogP contribution in [0, 0.1) is 11.8 Å². The van der Waals surface area contributed by atoms with Crippen LogP contribution in [0.1, 0.15) is 45.4 Å². The van der Waals surface area contributed by atoms with Crippen molar-refractivity contribution in [2.75, 3.05) is 26.7 Å². The normalized spacial score (nSPS) is 36.8. The van der Waals surface area contributed by atoms with Crippen LogP contribution in [0.25, 0.3) is 0 Å². The third-order valence-corrected chi connectivity index (χ3v) is 4.59. The Kier molecular flexibility index (Phi) is 4.66. The van der Waals surface area contributed by atoms with Gasteiger partial charge in [-0.2, -0.15) is 0 Å². The van der Waals surface area contributed by atoms with Crippen LogP contribution in [0.5, 0.6) is 0 Å². The molecule has 1 saturated carbocycles. The maximum atomic E-state index is 3.86. The van der Waals surface area contributed by atoms with Crippen molar-refractivity contribution in [2.24, 2.45) is 11.8 Å². The molecular weight excluding hydrogens is 196 g/mol. The summed E-state index contributed by atoms with van der Waals surface area (Å²) < 4.78 is 0. The molecule has 1 heterocycles. The topological polar surface area (TPSA) is 15.3 Å². The Balaban J connectivity index is 1.71. The lowest BCUT2D eigenvalue weighted by atomic mass is 9.82. The van der Waals surface area contributed by atoms with Gasteiger partial charge in [0.2, 0.25) is 0 Å². The van der Waals surface area contributed by atoms with Gasteiger partial charge in [0.15, 0.2) is 0 Å². The molecule has 0 aromatic heterocycles. The van der Waals surface area contributed by atoms with Gasteiger partial charge in [-0.3, -0.25) is 0 Å². The Labute approximate surface area is 101 Å². The zero-order chi connectivity index (χ0) is 11.4. The number of nitrogens with zero attached hydrogens (tertiary/aromatic N) is 1. The fourth-order valence-corrected chi connectivity index (χ4v) is 3.48. The monoisotopic (exact) mass is 224 g/mol. The highest BCUT2D eigenvalue weighted by molar-refractivity contribution is 4.82. The first-order valence-electron chi connectivity index (χ1n) is 7.21. The summed E-state index contributed by atoms with van der Waals surface area (Å²) in [6.07, 6.45) is 8.54. The Morgan fingerprint density at radius 1 is 1.19 bits per heavy atom. The molecule has 3 unspecified atom stereocenters. The van der Waals surface area contributed by atoms with Gasteiger partial charge in [0, 0.05) is 12.6 Å². The van der Waals surface area contributed by atoms with Crippen molar-refractivity contribution in [1.82, 2.24) is 10.2 Å². The van der Waals surface area contributed by atoms with Crippen molar-refractivity contribution in [3.05, 3.63) is 0 Å². The van der Waals surface area contributed by atoms with Gasteiger partial charge in [-0.25, -0.2) is 0 Å². The molecule has 3 atom stereocenters. The van der Waals surface area contributed by atoms with Crippen LogP contribution in [-0.2, 0) is 0 Å². The van der Waals surface area contributed by atoms with Crippen LogP contribution < -0.4 is 5.32 Å². The lowest BCUT2D eigenvalue weighted by Crippen LogP contribution is -2.41. The molecule has 0 spiro atoms. The summed E-state index contributed by atoms with van der Waals surface area (Å²) in [5.74, 6) is 1.86. The molecule has 0 radical (unpaired) electrons. The lowest BCUT2D eigenvalue weighted by Gasteiger charge is -2.32. The average Bonchev–Trinajstić information content (AvgIpc) is 2.73. The Morgan fingerprint density at radius 2 is 2.00 bits per heavy atom. The summed E-state index contributed by atoms with van der Waals surface area (Å²) in [5.41, 5.74) is 0. The predicted octanol–water partition coefficient (Wildman–Crippen LogP) is 2.50. The standard InChI is InChI=1S/C14H28N2/c1-3-13-6-4-5-7-14(13)15-10-12-8-9-16(2)11-12/h12-15H,3-11H2,1-2H3. The molecule has 2 heteroatoms. The average molecular weight is 224 g/mol. The predicted molar refractivity (Wildman–Crippen MR) is 69.6 cm³/mol. The number of hydrogen-bond donors (Lipinski definition) is 1. The Bertz CT molecular complexity index is 205. The van der Waals surface area contributed by atoms with Crippen LogP contribution in [0.15, 0.2) is 0 Å². The first kappa shape index (κ1) is 12.4. The van der Waals surface area contributed by atoms with Crippen molar-refractivity contribution in [1.29, 1.82) is 0 Å². The van der Waals surface area contributed by atoms with E-state index in [1.807, 2.05) is 0 Å². The van der Waals surface area contributed by atoms with E-state index >= 15 is 0 Å². The molecule has 1 N–H and O–H groups in total.